The SMILES string of the molecule is O=S(=O)(NCCOc1ccc(F)cc1Cl)c1ccc(Cl)cc1. The third-order valence-electron chi connectivity index (χ3n) is 2.67. The van der Waals surface area contributed by atoms with Crippen molar-refractivity contribution >= 4 is 33.2 Å². The van der Waals surface area contributed by atoms with Gasteiger partial charge in [0.05, 0.1) is 9.92 Å². The fraction of sp³-hybridized carbons (Fsp3) is 0.143. The Kier molecular flexibility index (Phi) is 5.63. The second kappa shape index (κ2) is 7.28. The molecule has 0 spiro atoms. The van der Waals surface area contributed by atoms with Crippen LogP contribution in [0.4, 0.5) is 4.39 Å². The van der Waals surface area contributed by atoms with Gasteiger partial charge in [-0.1, -0.05) is 23.2 Å². The summed E-state index contributed by atoms with van der Waals surface area (Å²) in [5.41, 5.74) is 0. The Morgan fingerprint density at radius 2 is 1.77 bits per heavy atom. The summed E-state index contributed by atoms with van der Waals surface area (Å²) in [5.74, 6) is -0.186. The van der Waals surface area contributed by atoms with Crippen molar-refractivity contribution in [3.63, 3.8) is 0 Å². The van der Waals surface area contributed by atoms with Gasteiger partial charge in [-0.3, -0.25) is 0 Å². The van der Waals surface area contributed by atoms with E-state index in [0.29, 0.717) is 5.02 Å². The lowest BCUT2D eigenvalue weighted by atomic mass is 10.3. The van der Waals surface area contributed by atoms with E-state index in [9.17, 15) is 12.8 Å². The maximum Gasteiger partial charge on any atom is 0.240 e. The molecule has 0 fully saturated rings. The summed E-state index contributed by atoms with van der Waals surface area (Å²) in [5, 5.41) is 0.578. The molecule has 2 aromatic rings. The van der Waals surface area contributed by atoms with Crippen molar-refractivity contribution in [2.24, 2.45) is 0 Å². The molecule has 0 aliphatic carbocycles. The van der Waals surface area contributed by atoms with Crippen molar-refractivity contribution < 1.29 is 17.5 Å². The second-order valence-electron chi connectivity index (χ2n) is 4.27. The van der Waals surface area contributed by atoms with Gasteiger partial charge >= 0.3 is 0 Å². The molecule has 0 saturated heterocycles. The summed E-state index contributed by atoms with van der Waals surface area (Å²) in [6, 6.07) is 9.50. The van der Waals surface area contributed by atoms with E-state index in [1.54, 1.807) is 0 Å². The lowest BCUT2D eigenvalue weighted by molar-refractivity contribution is 0.322. The molecule has 4 nitrogen and oxygen atoms in total. The monoisotopic (exact) mass is 363 g/mol. The maximum atomic E-state index is 12.9. The number of nitrogens with one attached hydrogen (secondary N) is 1. The van der Waals surface area contributed by atoms with Crippen LogP contribution in [-0.4, -0.2) is 21.6 Å². The first kappa shape index (κ1) is 17.0. The van der Waals surface area contributed by atoms with Crippen LogP contribution in [0.15, 0.2) is 47.4 Å². The van der Waals surface area contributed by atoms with E-state index in [1.165, 1.54) is 36.4 Å². The van der Waals surface area contributed by atoms with E-state index < -0.39 is 15.8 Å². The van der Waals surface area contributed by atoms with Crippen molar-refractivity contribution in [3.8, 4) is 5.75 Å². The average molecular weight is 364 g/mol. The van der Waals surface area contributed by atoms with Gasteiger partial charge < -0.3 is 4.74 Å². The van der Waals surface area contributed by atoms with E-state index in [-0.39, 0.29) is 28.8 Å². The van der Waals surface area contributed by atoms with Gasteiger partial charge in [0.1, 0.15) is 18.2 Å². The molecule has 2 aromatic carbocycles. The summed E-state index contributed by atoms with van der Waals surface area (Å²) >= 11 is 11.5. The van der Waals surface area contributed by atoms with Gasteiger partial charge in [0.2, 0.25) is 10.0 Å². The lowest BCUT2D eigenvalue weighted by Gasteiger charge is -2.09. The number of rotatable bonds is 6. The van der Waals surface area contributed by atoms with Crippen LogP contribution in [-0.2, 0) is 10.0 Å². The van der Waals surface area contributed by atoms with Crippen molar-refractivity contribution in [1.82, 2.24) is 4.72 Å². The number of sulfonamides is 1. The summed E-state index contributed by atoms with van der Waals surface area (Å²) in [6.07, 6.45) is 0. The fourth-order valence-electron chi connectivity index (χ4n) is 1.63. The fourth-order valence-corrected chi connectivity index (χ4v) is 2.99. The van der Waals surface area contributed by atoms with E-state index in [1.807, 2.05) is 0 Å². The second-order valence-corrected chi connectivity index (χ2v) is 6.89. The molecule has 0 saturated carbocycles. The predicted molar refractivity (Wildman–Crippen MR) is 83.5 cm³/mol. The van der Waals surface area contributed by atoms with Gasteiger partial charge in [0.25, 0.3) is 0 Å². The first-order valence-electron chi connectivity index (χ1n) is 6.21. The molecule has 0 aliphatic rings. The molecule has 2 rings (SSSR count). The Labute approximate surface area is 137 Å². The normalized spacial score (nSPS) is 11.4. The largest absolute Gasteiger partial charge is 0.491 e. The molecule has 0 amide bonds. The Morgan fingerprint density at radius 3 is 2.41 bits per heavy atom. The molecule has 0 bridgehead atoms. The first-order chi connectivity index (χ1) is 10.4. The third kappa shape index (κ3) is 4.58. The highest BCUT2D eigenvalue weighted by Gasteiger charge is 2.13. The minimum Gasteiger partial charge on any atom is -0.491 e. The van der Waals surface area contributed by atoms with Gasteiger partial charge in [0.15, 0.2) is 0 Å². The molecule has 0 aliphatic heterocycles. The zero-order valence-corrected chi connectivity index (χ0v) is 13.6. The zero-order valence-electron chi connectivity index (χ0n) is 11.2. The molecule has 118 valence electrons. The van der Waals surface area contributed by atoms with Crippen molar-refractivity contribution in [1.29, 1.82) is 0 Å². The van der Waals surface area contributed by atoms with Crippen LogP contribution in [0.3, 0.4) is 0 Å². The Morgan fingerprint density at radius 1 is 1.09 bits per heavy atom. The van der Waals surface area contributed by atoms with E-state index in [2.05, 4.69) is 4.72 Å². The summed E-state index contributed by atoms with van der Waals surface area (Å²) in [7, 11) is -3.63. The van der Waals surface area contributed by atoms with Crippen LogP contribution >= 0.6 is 23.2 Å². The van der Waals surface area contributed by atoms with Gasteiger partial charge in [0, 0.05) is 11.6 Å². The van der Waals surface area contributed by atoms with E-state index in [4.69, 9.17) is 27.9 Å². The highest BCUT2D eigenvalue weighted by atomic mass is 35.5. The van der Waals surface area contributed by atoms with Gasteiger partial charge in [-0.25, -0.2) is 17.5 Å². The summed E-state index contributed by atoms with van der Waals surface area (Å²) in [6.45, 7) is 0.0941. The van der Waals surface area contributed by atoms with Crippen molar-refractivity contribution in [2.45, 2.75) is 4.90 Å². The molecule has 0 radical (unpaired) electrons. The van der Waals surface area contributed by atoms with Crippen LogP contribution in [0.5, 0.6) is 5.75 Å². The van der Waals surface area contributed by atoms with Crippen molar-refractivity contribution in [3.05, 3.63) is 58.3 Å². The predicted octanol–water partition coefficient (Wildman–Crippen LogP) is 3.49. The van der Waals surface area contributed by atoms with Crippen LogP contribution in [0.25, 0.3) is 0 Å². The minimum absolute atomic E-state index is 0.0403. The van der Waals surface area contributed by atoms with Gasteiger partial charge in [-0.05, 0) is 42.5 Å². The highest BCUT2D eigenvalue weighted by Crippen LogP contribution is 2.24. The maximum absolute atomic E-state index is 12.9. The lowest BCUT2D eigenvalue weighted by Crippen LogP contribution is -2.28. The Balaban J connectivity index is 1.89. The van der Waals surface area contributed by atoms with Crippen LogP contribution < -0.4 is 9.46 Å². The summed E-state index contributed by atoms with van der Waals surface area (Å²) in [4.78, 5) is 0.108. The average Bonchev–Trinajstić information content (AvgIpc) is 2.46. The van der Waals surface area contributed by atoms with Crippen LogP contribution in [0, 0.1) is 5.82 Å². The molecule has 0 atom stereocenters. The van der Waals surface area contributed by atoms with Crippen molar-refractivity contribution in [2.75, 3.05) is 13.2 Å². The quantitative estimate of drug-likeness (QED) is 0.799. The number of hydrogen-bond acceptors (Lipinski definition) is 3. The van der Waals surface area contributed by atoms with E-state index in [0.717, 1.165) is 6.07 Å². The minimum atomic E-state index is -3.63. The number of benzene rings is 2. The highest BCUT2D eigenvalue weighted by molar-refractivity contribution is 7.89. The van der Waals surface area contributed by atoms with E-state index >= 15 is 0 Å². The summed E-state index contributed by atoms with van der Waals surface area (Å²) < 4.78 is 44.5. The smallest absolute Gasteiger partial charge is 0.240 e. The standard InChI is InChI=1S/C14H12Cl2FNO3S/c15-10-1-4-12(5-2-10)22(19,20)18-7-8-21-14-6-3-11(17)9-13(14)16/h1-6,9,18H,7-8H2. The molecule has 0 aromatic heterocycles. The Bertz CT molecular complexity index is 751. The third-order valence-corrected chi connectivity index (χ3v) is 4.69. The molecular weight excluding hydrogens is 352 g/mol. The first-order valence-corrected chi connectivity index (χ1v) is 8.45. The van der Waals surface area contributed by atoms with Crippen LogP contribution in [0.1, 0.15) is 0 Å². The van der Waals surface area contributed by atoms with Gasteiger partial charge in [-0.2, -0.15) is 0 Å². The number of hydrogen-bond donors (Lipinski definition) is 1. The molecule has 0 unspecified atom stereocenters. The Hall–Kier alpha value is -1.34. The van der Waals surface area contributed by atoms with Crippen LogP contribution in [0.2, 0.25) is 10.0 Å². The zero-order chi connectivity index (χ0) is 16.2. The molecule has 0 heterocycles. The molecular formula is C14H12Cl2FNO3S. The molecule has 8 heteroatoms. The number of halogens is 3. The molecule has 22 heavy (non-hydrogen) atoms. The topological polar surface area (TPSA) is 55.4 Å². The molecule has 1 N–H and O–H groups in total. The van der Waals surface area contributed by atoms with Gasteiger partial charge in [-0.15, -0.1) is 0 Å². The number of ether oxygens (including phenoxy) is 1.